The number of carbonyl (C=O) groups is 2. The Bertz CT molecular complexity index is 237. The summed E-state index contributed by atoms with van der Waals surface area (Å²) in [7, 11) is 0. The molecule has 0 aromatic rings. The second-order valence-electron chi connectivity index (χ2n) is 3.19. The average molecular weight is 183 g/mol. The molecule has 0 bridgehead atoms. The number of carbonyl (C=O) groups excluding carboxylic acids is 2. The van der Waals surface area contributed by atoms with E-state index in [1.807, 2.05) is 0 Å². The van der Waals surface area contributed by atoms with Crippen molar-refractivity contribution in [1.29, 1.82) is 0 Å². The van der Waals surface area contributed by atoms with Gasteiger partial charge in [0.05, 0.1) is 6.04 Å². The van der Waals surface area contributed by atoms with E-state index in [1.54, 1.807) is 6.92 Å². The van der Waals surface area contributed by atoms with Gasteiger partial charge in [0.1, 0.15) is 12.4 Å². The zero-order chi connectivity index (χ0) is 9.84. The molecule has 13 heavy (non-hydrogen) atoms. The lowest BCUT2D eigenvalue weighted by Gasteiger charge is -2.09. The van der Waals surface area contributed by atoms with Gasteiger partial charge in [-0.05, 0) is 6.92 Å². The molecule has 0 saturated carbocycles. The van der Waals surface area contributed by atoms with Crippen LogP contribution >= 0.6 is 0 Å². The standard InChI is InChI=1S/C9H13NO3/c1-6(2)9(12)13-8-3-7(5-11)10-4-8/h5,7-8,10H,1,3-4H2,2H3/t7-,8+/m0/s1. The maximum atomic E-state index is 11.1. The van der Waals surface area contributed by atoms with E-state index in [-0.39, 0.29) is 12.1 Å². The van der Waals surface area contributed by atoms with Gasteiger partial charge in [0.2, 0.25) is 0 Å². The van der Waals surface area contributed by atoms with E-state index < -0.39 is 5.97 Å². The summed E-state index contributed by atoms with van der Waals surface area (Å²) in [4.78, 5) is 21.4. The molecule has 0 spiro atoms. The van der Waals surface area contributed by atoms with Crippen molar-refractivity contribution in [2.24, 2.45) is 0 Å². The number of rotatable bonds is 3. The molecule has 0 aromatic carbocycles. The smallest absolute Gasteiger partial charge is 0.333 e. The van der Waals surface area contributed by atoms with E-state index in [0.29, 0.717) is 18.5 Å². The molecular formula is C9H13NO3. The number of hydrogen-bond acceptors (Lipinski definition) is 4. The molecule has 0 radical (unpaired) electrons. The minimum atomic E-state index is -0.390. The fourth-order valence-corrected chi connectivity index (χ4v) is 1.18. The van der Waals surface area contributed by atoms with Crippen LogP contribution < -0.4 is 5.32 Å². The quantitative estimate of drug-likeness (QED) is 0.381. The van der Waals surface area contributed by atoms with Crippen LogP contribution in [0.3, 0.4) is 0 Å². The molecule has 4 nitrogen and oxygen atoms in total. The van der Waals surface area contributed by atoms with E-state index in [4.69, 9.17) is 4.74 Å². The Morgan fingerprint density at radius 1 is 1.69 bits per heavy atom. The van der Waals surface area contributed by atoms with Crippen LogP contribution in [0, 0.1) is 0 Å². The Morgan fingerprint density at radius 3 is 2.85 bits per heavy atom. The average Bonchev–Trinajstić information content (AvgIpc) is 2.52. The fourth-order valence-electron chi connectivity index (χ4n) is 1.18. The molecule has 0 aliphatic carbocycles. The van der Waals surface area contributed by atoms with E-state index in [2.05, 4.69) is 11.9 Å². The molecule has 1 rings (SSSR count). The molecule has 0 aromatic heterocycles. The van der Waals surface area contributed by atoms with Crippen LogP contribution in [0.5, 0.6) is 0 Å². The Morgan fingerprint density at radius 2 is 2.38 bits per heavy atom. The first kappa shape index (κ1) is 9.92. The summed E-state index contributed by atoms with van der Waals surface area (Å²) in [6, 6.07) is -0.178. The largest absolute Gasteiger partial charge is 0.458 e. The highest BCUT2D eigenvalue weighted by atomic mass is 16.5. The SMILES string of the molecule is C=C(C)C(=O)O[C@H]1CN[C@H](C=O)C1. The fraction of sp³-hybridized carbons (Fsp3) is 0.556. The molecule has 1 saturated heterocycles. The van der Waals surface area contributed by atoms with Gasteiger partial charge in [0.15, 0.2) is 0 Å². The third kappa shape index (κ3) is 2.66. The number of esters is 1. The van der Waals surface area contributed by atoms with E-state index in [9.17, 15) is 9.59 Å². The molecule has 72 valence electrons. The van der Waals surface area contributed by atoms with Crippen LogP contribution in [0.4, 0.5) is 0 Å². The lowest BCUT2D eigenvalue weighted by molar-refractivity contribution is -0.143. The Labute approximate surface area is 76.9 Å². The van der Waals surface area contributed by atoms with Gasteiger partial charge in [-0.3, -0.25) is 0 Å². The summed E-state index contributed by atoms with van der Waals surface area (Å²) in [6.07, 6.45) is 1.19. The van der Waals surface area contributed by atoms with Gasteiger partial charge >= 0.3 is 5.97 Å². The molecule has 1 fully saturated rings. The molecule has 0 unspecified atom stereocenters. The predicted octanol–water partition coefficient (Wildman–Crippen LogP) is 0.0351. The van der Waals surface area contributed by atoms with Crippen LogP contribution in [0.15, 0.2) is 12.2 Å². The first-order valence-electron chi connectivity index (χ1n) is 4.18. The molecule has 2 atom stereocenters. The topological polar surface area (TPSA) is 55.4 Å². The highest BCUT2D eigenvalue weighted by Crippen LogP contribution is 2.10. The van der Waals surface area contributed by atoms with Gasteiger partial charge in [-0.2, -0.15) is 0 Å². The Kier molecular flexibility index (Phi) is 3.19. The van der Waals surface area contributed by atoms with Gasteiger partial charge in [0.25, 0.3) is 0 Å². The Balaban J connectivity index is 2.36. The van der Waals surface area contributed by atoms with Crippen molar-refractivity contribution in [2.45, 2.75) is 25.5 Å². The second-order valence-corrected chi connectivity index (χ2v) is 3.19. The summed E-state index contributed by atoms with van der Waals surface area (Å²) in [6.45, 7) is 5.62. The summed E-state index contributed by atoms with van der Waals surface area (Å²) in [5.41, 5.74) is 0.384. The molecule has 1 N–H and O–H groups in total. The van der Waals surface area contributed by atoms with Crippen molar-refractivity contribution < 1.29 is 14.3 Å². The zero-order valence-corrected chi connectivity index (χ0v) is 7.58. The van der Waals surface area contributed by atoms with Gasteiger partial charge in [0, 0.05) is 18.5 Å². The highest BCUT2D eigenvalue weighted by Gasteiger charge is 2.26. The normalized spacial score (nSPS) is 26.8. The highest BCUT2D eigenvalue weighted by molar-refractivity contribution is 5.87. The van der Waals surface area contributed by atoms with Gasteiger partial charge in [-0.1, -0.05) is 6.58 Å². The molecule has 4 heteroatoms. The van der Waals surface area contributed by atoms with Gasteiger partial charge in [-0.25, -0.2) is 4.79 Å². The van der Waals surface area contributed by atoms with Crippen molar-refractivity contribution in [1.82, 2.24) is 5.32 Å². The molecule has 1 aliphatic rings. The summed E-state index contributed by atoms with van der Waals surface area (Å²) in [5.74, 6) is -0.390. The first-order valence-corrected chi connectivity index (χ1v) is 4.18. The summed E-state index contributed by atoms with van der Waals surface area (Å²) < 4.78 is 5.04. The van der Waals surface area contributed by atoms with Crippen molar-refractivity contribution in [2.75, 3.05) is 6.54 Å². The first-order chi connectivity index (χ1) is 6.13. The monoisotopic (exact) mass is 183 g/mol. The van der Waals surface area contributed by atoms with E-state index >= 15 is 0 Å². The minimum absolute atomic E-state index is 0.178. The molecule has 1 aliphatic heterocycles. The van der Waals surface area contributed by atoms with Crippen molar-refractivity contribution >= 4 is 12.3 Å². The second kappa shape index (κ2) is 4.18. The third-order valence-electron chi connectivity index (χ3n) is 1.91. The van der Waals surface area contributed by atoms with Gasteiger partial charge in [-0.15, -0.1) is 0 Å². The summed E-state index contributed by atoms with van der Waals surface area (Å²) in [5, 5.41) is 2.93. The lowest BCUT2D eigenvalue weighted by atomic mass is 10.2. The van der Waals surface area contributed by atoms with E-state index in [1.165, 1.54) is 0 Å². The molecule has 1 heterocycles. The van der Waals surface area contributed by atoms with Crippen LogP contribution in [0.25, 0.3) is 0 Å². The number of aldehydes is 1. The van der Waals surface area contributed by atoms with Gasteiger partial charge < -0.3 is 14.8 Å². The van der Waals surface area contributed by atoms with Crippen LogP contribution in [-0.4, -0.2) is 30.9 Å². The zero-order valence-electron chi connectivity index (χ0n) is 7.58. The lowest BCUT2D eigenvalue weighted by Crippen LogP contribution is -2.23. The van der Waals surface area contributed by atoms with Crippen molar-refractivity contribution in [3.8, 4) is 0 Å². The number of hydrogen-bond donors (Lipinski definition) is 1. The van der Waals surface area contributed by atoms with Crippen LogP contribution in [-0.2, 0) is 14.3 Å². The molecular weight excluding hydrogens is 170 g/mol. The summed E-state index contributed by atoms with van der Waals surface area (Å²) >= 11 is 0. The van der Waals surface area contributed by atoms with Crippen LogP contribution in [0.2, 0.25) is 0 Å². The maximum absolute atomic E-state index is 11.1. The molecule has 0 amide bonds. The predicted molar refractivity (Wildman–Crippen MR) is 47.2 cm³/mol. The van der Waals surface area contributed by atoms with Crippen molar-refractivity contribution in [3.63, 3.8) is 0 Å². The maximum Gasteiger partial charge on any atom is 0.333 e. The van der Waals surface area contributed by atoms with Crippen LogP contribution in [0.1, 0.15) is 13.3 Å². The van der Waals surface area contributed by atoms with E-state index in [0.717, 1.165) is 6.29 Å². The Hall–Kier alpha value is -1.16. The number of ether oxygens (including phenoxy) is 1. The van der Waals surface area contributed by atoms with Crippen molar-refractivity contribution in [3.05, 3.63) is 12.2 Å². The third-order valence-corrected chi connectivity index (χ3v) is 1.91. The minimum Gasteiger partial charge on any atom is -0.458 e. The number of nitrogens with one attached hydrogen (secondary N) is 1.